The molecule has 2 aromatic carbocycles. The van der Waals surface area contributed by atoms with Gasteiger partial charge in [0, 0.05) is 17.0 Å². The lowest BCUT2D eigenvalue weighted by Crippen LogP contribution is -2.36. The molecule has 0 unspecified atom stereocenters. The van der Waals surface area contributed by atoms with E-state index >= 15 is 0 Å². The van der Waals surface area contributed by atoms with Gasteiger partial charge >= 0.3 is 0 Å². The van der Waals surface area contributed by atoms with E-state index in [4.69, 9.17) is 0 Å². The lowest BCUT2D eigenvalue weighted by Gasteiger charge is -2.03. The van der Waals surface area contributed by atoms with Crippen molar-refractivity contribution in [2.45, 2.75) is 0 Å². The number of pyridine rings is 1. The lowest BCUT2D eigenvalue weighted by atomic mass is 10.1. The fourth-order valence-electron chi connectivity index (χ4n) is 2.84. The maximum Gasteiger partial charge on any atom is 0.204 e. The molecule has 0 fully saturated rings. The normalized spacial score (nSPS) is 11.7. The molecule has 0 radical (unpaired) electrons. The number of nitrogens with zero attached hydrogens (tertiary/aromatic N) is 3. The van der Waals surface area contributed by atoms with Gasteiger partial charge in [-0.3, -0.25) is 4.98 Å². The monoisotopic (exact) mass is 248 g/mol. The maximum atomic E-state index is 4.67. The summed E-state index contributed by atoms with van der Waals surface area (Å²) in [4.78, 5) is 4.67. The molecule has 0 spiro atoms. The molecule has 0 aliphatic heterocycles. The first-order chi connectivity index (χ1) is 9.25. The molecule has 4 rings (SSSR count). The topological polar surface area (TPSA) is 21.7 Å². The van der Waals surface area contributed by atoms with Crippen LogP contribution in [-0.2, 0) is 14.1 Å². The number of hydrogen-bond acceptors (Lipinski definition) is 1. The molecule has 0 aliphatic carbocycles. The highest BCUT2D eigenvalue weighted by molar-refractivity contribution is 6.13. The molecule has 0 saturated heterocycles. The Balaban J connectivity index is 2.32. The summed E-state index contributed by atoms with van der Waals surface area (Å²) >= 11 is 0. The highest BCUT2D eigenvalue weighted by atomic mass is 15.4. The van der Waals surface area contributed by atoms with E-state index in [1.54, 1.807) is 0 Å². The van der Waals surface area contributed by atoms with Crippen LogP contribution in [-0.4, -0.2) is 9.67 Å². The molecule has 3 nitrogen and oxygen atoms in total. The van der Waals surface area contributed by atoms with Gasteiger partial charge in [0.25, 0.3) is 0 Å². The first-order valence-electron chi connectivity index (χ1n) is 6.37. The first-order valence-corrected chi connectivity index (χ1v) is 6.37. The second-order valence-corrected chi connectivity index (χ2v) is 4.97. The predicted molar refractivity (Wildman–Crippen MR) is 76.9 cm³/mol. The summed E-state index contributed by atoms with van der Waals surface area (Å²) in [6.45, 7) is 0. The fourth-order valence-corrected chi connectivity index (χ4v) is 2.84. The van der Waals surface area contributed by atoms with E-state index in [1.165, 1.54) is 27.1 Å². The van der Waals surface area contributed by atoms with Crippen molar-refractivity contribution in [1.29, 1.82) is 0 Å². The molecule has 19 heavy (non-hydrogen) atoms. The Morgan fingerprint density at radius 1 is 1.00 bits per heavy atom. The maximum absolute atomic E-state index is 4.67. The van der Waals surface area contributed by atoms with Crippen LogP contribution in [0.2, 0.25) is 0 Å². The van der Waals surface area contributed by atoms with Crippen LogP contribution >= 0.6 is 0 Å². The van der Waals surface area contributed by atoms with E-state index in [1.807, 2.05) is 13.2 Å². The van der Waals surface area contributed by atoms with Crippen LogP contribution in [0.25, 0.3) is 32.6 Å². The Morgan fingerprint density at radius 3 is 2.74 bits per heavy atom. The van der Waals surface area contributed by atoms with Gasteiger partial charge in [0.2, 0.25) is 6.20 Å². The zero-order valence-corrected chi connectivity index (χ0v) is 11.0. The lowest BCUT2D eigenvalue weighted by molar-refractivity contribution is -0.748. The van der Waals surface area contributed by atoms with Gasteiger partial charge in [0.15, 0.2) is 7.05 Å². The van der Waals surface area contributed by atoms with E-state index in [9.17, 15) is 0 Å². The third-order valence-corrected chi connectivity index (χ3v) is 3.88. The van der Waals surface area contributed by atoms with Gasteiger partial charge in [0.05, 0.1) is 18.0 Å². The number of benzene rings is 2. The molecule has 0 bridgehead atoms. The Labute approximate surface area is 110 Å². The summed E-state index contributed by atoms with van der Waals surface area (Å²) in [5.74, 6) is 0. The minimum absolute atomic E-state index is 1.08. The first kappa shape index (κ1) is 10.5. The smallest absolute Gasteiger partial charge is 0.204 e. The Kier molecular flexibility index (Phi) is 1.96. The quantitative estimate of drug-likeness (QED) is 0.346. The van der Waals surface area contributed by atoms with E-state index < -0.39 is 0 Å². The van der Waals surface area contributed by atoms with Crippen LogP contribution in [0.3, 0.4) is 0 Å². The molecule has 3 heteroatoms. The largest absolute Gasteiger partial charge is 0.255 e. The summed E-state index contributed by atoms with van der Waals surface area (Å²) in [7, 11) is 4.13. The summed E-state index contributed by atoms with van der Waals surface area (Å²) in [6.07, 6.45) is 4.07. The van der Waals surface area contributed by atoms with Crippen LogP contribution < -0.4 is 4.68 Å². The molecule has 0 atom stereocenters. The molecule has 0 amide bonds. The molecule has 0 saturated carbocycles. The van der Waals surface area contributed by atoms with E-state index in [-0.39, 0.29) is 0 Å². The Hall–Kier alpha value is -2.42. The van der Waals surface area contributed by atoms with Crippen LogP contribution in [0.1, 0.15) is 0 Å². The molecule has 92 valence electrons. The van der Waals surface area contributed by atoms with E-state index in [2.05, 4.69) is 64.0 Å². The van der Waals surface area contributed by atoms with Crippen molar-refractivity contribution < 1.29 is 4.68 Å². The van der Waals surface area contributed by atoms with Gasteiger partial charge in [-0.25, -0.2) is 0 Å². The van der Waals surface area contributed by atoms with E-state index in [0.29, 0.717) is 0 Å². The second-order valence-electron chi connectivity index (χ2n) is 4.97. The Morgan fingerprint density at radius 2 is 1.84 bits per heavy atom. The molecule has 2 aromatic heterocycles. The highest BCUT2D eigenvalue weighted by Gasteiger charge is 2.14. The average Bonchev–Trinajstić information content (AvgIpc) is 2.74. The predicted octanol–water partition coefficient (Wildman–Crippen LogP) is 2.70. The van der Waals surface area contributed by atoms with Crippen molar-refractivity contribution in [3.8, 4) is 0 Å². The molecule has 0 N–H and O–H groups in total. The number of hydrogen-bond donors (Lipinski definition) is 0. The third kappa shape index (κ3) is 1.32. The minimum atomic E-state index is 1.08. The van der Waals surface area contributed by atoms with Gasteiger partial charge in [-0.15, -0.1) is 4.68 Å². The van der Waals surface area contributed by atoms with Crippen molar-refractivity contribution in [3.63, 3.8) is 0 Å². The molecular weight excluding hydrogens is 234 g/mol. The van der Waals surface area contributed by atoms with Gasteiger partial charge in [-0.2, -0.15) is 4.68 Å². The molecule has 4 aromatic rings. The van der Waals surface area contributed by atoms with Crippen LogP contribution in [0.15, 0.2) is 48.8 Å². The third-order valence-electron chi connectivity index (χ3n) is 3.88. The number of aromatic nitrogens is 3. The Bertz CT molecular complexity index is 935. The van der Waals surface area contributed by atoms with Gasteiger partial charge in [-0.1, -0.05) is 30.3 Å². The summed E-state index contributed by atoms with van der Waals surface area (Å²) in [6, 6.07) is 12.7. The second kappa shape index (κ2) is 3.54. The SMILES string of the molecule is Cn1c2c(cnc3c4ccccc4ccc32)c[n+]1C. The standard InChI is InChI=1S/C16H14N3/c1-18-10-12-9-17-15-13-6-4-3-5-11(13)7-8-14(15)16(12)19(18)2/h3-10H,1-2H3/q+1. The van der Waals surface area contributed by atoms with Crippen LogP contribution in [0.5, 0.6) is 0 Å². The zero-order valence-electron chi connectivity index (χ0n) is 11.0. The zero-order chi connectivity index (χ0) is 13.0. The molecule has 0 aliphatic rings. The van der Waals surface area contributed by atoms with Crippen LogP contribution in [0, 0.1) is 0 Å². The number of aryl methyl sites for hydroxylation is 2. The highest BCUT2D eigenvalue weighted by Crippen LogP contribution is 2.28. The molecular formula is C16H14N3+. The van der Waals surface area contributed by atoms with E-state index in [0.717, 1.165) is 5.52 Å². The van der Waals surface area contributed by atoms with Gasteiger partial charge < -0.3 is 0 Å². The van der Waals surface area contributed by atoms with Crippen molar-refractivity contribution in [1.82, 2.24) is 9.67 Å². The number of fused-ring (bicyclic) bond motifs is 5. The average molecular weight is 248 g/mol. The van der Waals surface area contributed by atoms with Crippen molar-refractivity contribution in [3.05, 3.63) is 48.8 Å². The van der Waals surface area contributed by atoms with Crippen molar-refractivity contribution >= 4 is 32.6 Å². The van der Waals surface area contributed by atoms with Crippen LogP contribution in [0.4, 0.5) is 0 Å². The number of rotatable bonds is 0. The minimum Gasteiger partial charge on any atom is -0.255 e. The van der Waals surface area contributed by atoms with Crippen molar-refractivity contribution in [2.75, 3.05) is 0 Å². The fraction of sp³-hybridized carbons (Fsp3) is 0.125. The summed E-state index contributed by atoms with van der Waals surface area (Å²) in [5, 5.41) is 4.83. The van der Waals surface area contributed by atoms with Gasteiger partial charge in [-0.05, 0) is 11.5 Å². The molecule has 2 heterocycles. The van der Waals surface area contributed by atoms with Gasteiger partial charge in [0.1, 0.15) is 5.52 Å². The summed E-state index contributed by atoms with van der Waals surface area (Å²) in [5.41, 5.74) is 2.31. The summed E-state index contributed by atoms with van der Waals surface area (Å²) < 4.78 is 4.25. The van der Waals surface area contributed by atoms with Crippen molar-refractivity contribution in [2.24, 2.45) is 14.1 Å².